The lowest BCUT2D eigenvalue weighted by Crippen LogP contribution is -2.38. The van der Waals surface area contributed by atoms with Gasteiger partial charge in [-0.05, 0) is 30.6 Å². The van der Waals surface area contributed by atoms with Crippen LogP contribution in [-0.4, -0.2) is 62.0 Å². The predicted molar refractivity (Wildman–Crippen MR) is 113 cm³/mol. The van der Waals surface area contributed by atoms with Crippen LogP contribution in [0, 0.1) is 0 Å². The van der Waals surface area contributed by atoms with Gasteiger partial charge in [-0.2, -0.15) is 11.8 Å². The zero-order valence-corrected chi connectivity index (χ0v) is 18.1. The molecule has 0 bridgehead atoms. The van der Waals surface area contributed by atoms with E-state index in [2.05, 4.69) is 10.3 Å². The fraction of sp³-hybridized carbons (Fsp3) is 0.474. The summed E-state index contributed by atoms with van der Waals surface area (Å²) in [5, 5.41) is 14.9. The number of aliphatic hydroxyl groups is 1. The SMILES string of the molecule is COc1cc(-c2nc(CC(=O)NC(CO)CCSC)cs2)cc(OC)c1OC. The molecule has 0 aliphatic rings. The van der Waals surface area contributed by atoms with E-state index in [1.807, 2.05) is 23.8 Å². The fourth-order valence-corrected chi connectivity index (χ4v) is 3.97. The Labute approximate surface area is 173 Å². The molecule has 9 heteroatoms. The van der Waals surface area contributed by atoms with Gasteiger partial charge in [0, 0.05) is 10.9 Å². The normalized spacial score (nSPS) is 11.8. The third kappa shape index (κ3) is 5.76. The van der Waals surface area contributed by atoms with Gasteiger partial charge in [0.1, 0.15) is 5.01 Å². The zero-order valence-electron chi connectivity index (χ0n) is 16.5. The molecule has 0 radical (unpaired) electrons. The largest absolute Gasteiger partial charge is 0.493 e. The van der Waals surface area contributed by atoms with Crippen molar-refractivity contribution < 1.29 is 24.1 Å². The Hall–Kier alpha value is -1.97. The van der Waals surface area contributed by atoms with Gasteiger partial charge in [-0.15, -0.1) is 11.3 Å². The molecule has 154 valence electrons. The van der Waals surface area contributed by atoms with Crippen LogP contribution in [-0.2, 0) is 11.2 Å². The number of amides is 1. The predicted octanol–water partition coefficient (Wildman–Crippen LogP) is 2.61. The third-order valence-electron chi connectivity index (χ3n) is 4.06. The summed E-state index contributed by atoms with van der Waals surface area (Å²) in [6.45, 7) is -0.0694. The minimum absolute atomic E-state index is 0.0694. The third-order valence-corrected chi connectivity index (χ3v) is 5.65. The van der Waals surface area contributed by atoms with Crippen molar-refractivity contribution in [2.75, 3.05) is 39.9 Å². The Morgan fingerprint density at radius 3 is 2.46 bits per heavy atom. The molecule has 0 saturated heterocycles. The van der Waals surface area contributed by atoms with Crippen molar-refractivity contribution in [3.8, 4) is 27.8 Å². The summed E-state index contributed by atoms with van der Waals surface area (Å²) in [7, 11) is 4.68. The van der Waals surface area contributed by atoms with Crippen molar-refractivity contribution in [2.45, 2.75) is 18.9 Å². The molecule has 1 amide bonds. The standard InChI is InChI=1S/C19H26N2O5S2/c1-24-15-7-12(8-16(25-2)18(15)26-3)19-21-14(11-28-19)9-17(23)20-13(10-22)5-6-27-4/h7-8,11,13,22H,5-6,9-10H2,1-4H3,(H,20,23). The second kappa shape index (κ2) is 11.1. The molecule has 1 aromatic carbocycles. The molecule has 0 aliphatic heterocycles. The molecule has 2 aromatic rings. The maximum absolute atomic E-state index is 12.3. The number of aliphatic hydroxyl groups excluding tert-OH is 1. The highest BCUT2D eigenvalue weighted by Crippen LogP contribution is 2.41. The summed E-state index contributed by atoms with van der Waals surface area (Å²) in [6, 6.07) is 3.43. The number of carbonyl (C=O) groups is 1. The lowest BCUT2D eigenvalue weighted by atomic mass is 10.2. The van der Waals surface area contributed by atoms with Gasteiger partial charge in [0.05, 0.1) is 46.1 Å². The second-order valence-electron chi connectivity index (χ2n) is 5.96. The number of aromatic nitrogens is 1. The molecular weight excluding hydrogens is 400 g/mol. The maximum atomic E-state index is 12.3. The number of ether oxygens (including phenoxy) is 3. The Bertz CT molecular complexity index is 756. The van der Waals surface area contributed by atoms with E-state index in [1.165, 1.54) is 11.3 Å². The van der Waals surface area contributed by atoms with Gasteiger partial charge < -0.3 is 24.6 Å². The second-order valence-corrected chi connectivity index (χ2v) is 7.81. The van der Waals surface area contributed by atoms with Crippen LogP contribution in [0.15, 0.2) is 17.5 Å². The van der Waals surface area contributed by atoms with E-state index in [4.69, 9.17) is 14.2 Å². The molecule has 0 aliphatic carbocycles. The number of thioether (sulfide) groups is 1. The van der Waals surface area contributed by atoms with Gasteiger partial charge in [0.2, 0.25) is 11.7 Å². The van der Waals surface area contributed by atoms with E-state index in [9.17, 15) is 9.90 Å². The Kier molecular flexibility index (Phi) is 8.88. The molecule has 1 aromatic heterocycles. The van der Waals surface area contributed by atoms with Gasteiger partial charge in [-0.3, -0.25) is 4.79 Å². The Morgan fingerprint density at radius 2 is 1.93 bits per heavy atom. The van der Waals surface area contributed by atoms with Crippen molar-refractivity contribution in [3.63, 3.8) is 0 Å². The van der Waals surface area contributed by atoms with Crippen LogP contribution >= 0.6 is 23.1 Å². The molecule has 0 fully saturated rings. The molecule has 2 N–H and O–H groups in total. The van der Waals surface area contributed by atoms with E-state index in [1.54, 1.807) is 33.1 Å². The summed E-state index contributed by atoms with van der Waals surface area (Å²) >= 11 is 3.12. The molecule has 0 spiro atoms. The quantitative estimate of drug-likeness (QED) is 0.571. The highest BCUT2D eigenvalue weighted by molar-refractivity contribution is 7.98. The number of thiazole rings is 1. The fourth-order valence-electron chi connectivity index (χ4n) is 2.64. The first kappa shape index (κ1) is 22.3. The highest BCUT2D eigenvalue weighted by Gasteiger charge is 2.17. The summed E-state index contributed by atoms with van der Waals surface area (Å²) in [5.74, 6) is 2.34. The van der Waals surface area contributed by atoms with Crippen LogP contribution in [0.1, 0.15) is 12.1 Å². The number of hydrogen-bond donors (Lipinski definition) is 2. The Balaban J connectivity index is 2.12. The molecule has 2 rings (SSSR count). The van der Waals surface area contributed by atoms with E-state index in [-0.39, 0.29) is 25.0 Å². The van der Waals surface area contributed by atoms with E-state index >= 15 is 0 Å². The zero-order chi connectivity index (χ0) is 20.5. The van der Waals surface area contributed by atoms with Gasteiger partial charge >= 0.3 is 0 Å². The molecule has 7 nitrogen and oxygen atoms in total. The van der Waals surface area contributed by atoms with Crippen LogP contribution in [0.5, 0.6) is 17.2 Å². The van der Waals surface area contributed by atoms with Crippen molar-refractivity contribution in [1.82, 2.24) is 10.3 Å². The number of nitrogens with one attached hydrogen (secondary N) is 1. The first-order valence-corrected chi connectivity index (χ1v) is 11.0. The maximum Gasteiger partial charge on any atom is 0.226 e. The summed E-state index contributed by atoms with van der Waals surface area (Å²) in [4.78, 5) is 16.8. The summed E-state index contributed by atoms with van der Waals surface area (Å²) < 4.78 is 16.1. The van der Waals surface area contributed by atoms with Crippen molar-refractivity contribution >= 4 is 29.0 Å². The summed E-state index contributed by atoms with van der Waals surface area (Å²) in [6.07, 6.45) is 2.89. The average Bonchev–Trinajstić information content (AvgIpc) is 3.18. The topological polar surface area (TPSA) is 89.9 Å². The van der Waals surface area contributed by atoms with E-state index in [0.717, 1.165) is 22.7 Å². The van der Waals surface area contributed by atoms with Gasteiger partial charge in [-0.1, -0.05) is 0 Å². The number of benzene rings is 1. The summed E-state index contributed by atoms with van der Waals surface area (Å²) in [5.41, 5.74) is 1.49. The molecule has 1 unspecified atom stereocenters. The van der Waals surface area contributed by atoms with Crippen molar-refractivity contribution in [2.24, 2.45) is 0 Å². The number of methoxy groups -OCH3 is 3. The van der Waals surface area contributed by atoms with Gasteiger partial charge in [0.25, 0.3) is 0 Å². The first-order valence-electron chi connectivity index (χ1n) is 8.70. The van der Waals surface area contributed by atoms with Crippen molar-refractivity contribution in [1.29, 1.82) is 0 Å². The van der Waals surface area contributed by atoms with Gasteiger partial charge in [0.15, 0.2) is 11.5 Å². The average molecular weight is 427 g/mol. The van der Waals surface area contributed by atoms with Crippen molar-refractivity contribution in [3.05, 3.63) is 23.2 Å². The van der Waals surface area contributed by atoms with Crippen LogP contribution in [0.3, 0.4) is 0 Å². The lowest BCUT2D eigenvalue weighted by Gasteiger charge is -2.15. The monoisotopic (exact) mass is 426 g/mol. The number of rotatable bonds is 11. The number of nitrogens with zero attached hydrogens (tertiary/aromatic N) is 1. The highest BCUT2D eigenvalue weighted by atomic mass is 32.2. The van der Waals surface area contributed by atoms with Crippen LogP contribution in [0.4, 0.5) is 0 Å². The molecule has 1 heterocycles. The minimum atomic E-state index is -0.229. The molecule has 28 heavy (non-hydrogen) atoms. The smallest absolute Gasteiger partial charge is 0.226 e. The molecular formula is C19H26N2O5S2. The number of carbonyl (C=O) groups excluding carboxylic acids is 1. The first-order chi connectivity index (χ1) is 13.6. The van der Waals surface area contributed by atoms with E-state index in [0.29, 0.717) is 22.9 Å². The van der Waals surface area contributed by atoms with Gasteiger partial charge in [-0.25, -0.2) is 4.98 Å². The Morgan fingerprint density at radius 1 is 1.25 bits per heavy atom. The lowest BCUT2D eigenvalue weighted by molar-refractivity contribution is -0.121. The van der Waals surface area contributed by atoms with E-state index < -0.39 is 0 Å². The van der Waals surface area contributed by atoms with Crippen LogP contribution < -0.4 is 19.5 Å². The molecule has 1 atom stereocenters. The van der Waals surface area contributed by atoms with Crippen LogP contribution in [0.25, 0.3) is 10.6 Å². The van der Waals surface area contributed by atoms with Crippen LogP contribution in [0.2, 0.25) is 0 Å². The number of hydrogen-bond acceptors (Lipinski definition) is 8. The molecule has 0 saturated carbocycles. The minimum Gasteiger partial charge on any atom is -0.493 e.